The first kappa shape index (κ1) is 11.8. The Labute approximate surface area is 91.7 Å². The summed E-state index contributed by atoms with van der Waals surface area (Å²) in [5, 5.41) is 8.84. The van der Waals surface area contributed by atoms with Gasteiger partial charge in [-0.2, -0.15) is 5.26 Å². The van der Waals surface area contributed by atoms with Crippen LogP contribution in [0.4, 0.5) is 0 Å². The Morgan fingerprint density at radius 3 is 2.93 bits per heavy atom. The van der Waals surface area contributed by atoms with Gasteiger partial charge in [0.25, 0.3) is 0 Å². The van der Waals surface area contributed by atoms with Gasteiger partial charge in [-0.25, -0.2) is 0 Å². The van der Waals surface area contributed by atoms with Gasteiger partial charge >= 0.3 is 0 Å². The third-order valence-corrected chi connectivity index (χ3v) is 2.63. The molecule has 0 amide bonds. The van der Waals surface area contributed by atoms with E-state index in [9.17, 15) is 0 Å². The van der Waals surface area contributed by atoms with Crippen molar-refractivity contribution >= 4 is 0 Å². The third-order valence-electron chi connectivity index (χ3n) is 2.63. The van der Waals surface area contributed by atoms with Gasteiger partial charge in [-0.15, -0.1) is 0 Å². The minimum absolute atomic E-state index is 0.165. The van der Waals surface area contributed by atoms with Gasteiger partial charge in [0.1, 0.15) is 0 Å². The minimum atomic E-state index is 0.165. The lowest BCUT2D eigenvalue weighted by Gasteiger charge is -2.18. The summed E-state index contributed by atoms with van der Waals surface area (Å²) < 4.78 is 0. The molecule has 1 rings (SSSR count). The lowest BCUT2D eigenvalue weighted by Crippen LogP contribution is -2.27. The summed E-state index contributed by atoms with van der Waals surface area (Å²) in [6.45, 7) is 3.93. The molecule has 0 saturated heterocycles. The van der Waals surface area contributed by atoms with Crippen molar-refractivity contribution in [1.29, 1.82) is 5.26 Å². The lowest BCUT2D eigenvalue weighted by molar-refractivity contribution is 0.302. The first-order valence-corrected chi connectivity index (χ1v) is 5.46. The van der Waals surface area contributed by atoms with Gasteiger partial charge in [0, 0.05) is 31.4 Å². The maximum absolute atomic E-state index is 8.84. The molecule has 0 bridgehead atoms. The summed E-state index contributed by atoms with van der Waals surface area (Å²) in [7, 11) is 2.07. The Morgan fingerprint density at radius 2 is 2.40 bits per heavy atom. The van der Waals surface area contributed by atoms with Crippen molar-refractivity contribution in [3.63, 3.8) is 0 Å². The van der Waals surface area contributed by atoms with Crippen LogP contribution in [0.5, 0.6) is 0 Å². The van der Waals surface area contributed by atoms with Crippen LogP contribution in [0.15, 0.2) is 18.3 Å². The normalized spacial score (nSPS) is 12.7. The molecule has 3 nitrogen and oxygen atoms in total. The van der Waals surface area contributed by atoms with E-state index in [4.69, 9.17) is 5.26 Å². The number of nitriles is 1. The highest BCUT2D eigenvalue weighted by Gasteiger charge is 2.08. The van der Waals surface area contributed by atoms with Gasteiger partial charge in [-0.05, 0) is 25.6 Å². The first-order valence-electron chi connectivity index (χ1n) is 5.46. The van der Waals surface area contributed by atoms with Crippen molar-refractivity contribution in [1.82, 2.24) is 9.88 Å². The monoisotopic (exact) mass is 205 g/mol. The lowest BCUT2D eigenvalue weighted by atomic mass is 10.1. The van der Waals surface area contributed by atoms with Gasteiger partial charge in [0.2, 0.25) is 0 Å². The van der Waals surface area contributed by atoms with E-state index in [0.717, 1.165) is 25.9 Å². The van der Waals surface area contributed by atoms with Crippen molar-refractivity contribution in [2.75, 3.05) is 20.1 Å². The van der Waals surface area contributed by atoms with E-state index in [1.165, 1.54) is 5.69 Å². The molecule has 82 valence electrons. The molecule has 0 radical (unpaired) electrons. The van der Waals surface area contributed by atoms with E-state index in [1.807, 2.05) is 12.3 Å². The van der Waals surface area contributed by atoms with E-state index >= 15 is 0 Å². The van der Waals surface area contributed by atoms with Crippen LogP contribution < -0.4 is 0 Å². The molecular weight excluding hydrogens is 186 g/mol. The summed E-state index contributed by atoms with van der Waals surface area (Å²) in [6, 6.07) is 6.43. The Bertz CT molecular complexity index is 297. The maximum atomic E-state index is 8.84. The van der Waals surface area contributed by atoms with Crippen LogP contribution in [-0.2, 0) is 6.42 Å². The van der Waals surface area contributed by atoms with Crippen molar-refractivity contribution in [2.45, 2.75) is 19.8 Å². The maximum Gasteiger partial charge on any atom is 0.0669 e. The molecule has 1 aromatic heterocycles. The fourth-order valence-corrected chi connectivity index (χ4v) is 1.56. The quantitative estimate of drug-likeness (QED) is 0.772. The molecule has 0 aliphatic rings. The summed E-state index contributed by atoms with van der Waals surface area (Å²) in [5.41, 5.74) is 1.26. The van der Waals surface area contributed by atoms with E-state index in [1.54, 1.807) is 0 Å². The fourth-order valence-electron chi connectivity index (χ4n) is 1.56. The molecule has 0 aliphatic carbocycles. The second-order valence-electron chi connectivity index (χ2n) is 3.94. The molecular formula is C12H19N3. The van der Waals surface area contributed by atoms with Gasteiger partial charge in [0.15, 0.2) is 0 Å². The second kappa shape index (κ2) is 6.26. The average Bonchev–Trinajstić information content (AvgIpc) is 2.75. The van der Waals surface area contributed by atoms with Gasteiger partial charge in [0.05, 0.1) is 12.0 Å². The highest BCUT2D eigenvalue weighted by atomic mass is 15.1. The molecule has 0 saturated carbocycles. The number of likely N-dealkylation sites (N-methyl/N-ethyl adjacent to an activating group) is 1. The molecule has 0 fully saturated rings. The highest BCUT2D eigenvalue weighted by molar-refractivity contribution is 5.03. The SMILES string of the molecule is CCC(C#N)CN(C)CCc1ccc[nH]1. The zero-order valence-corrected chi connectivity index (χ0v) is 9.53. The number of hydrogen-bond acceptors (Lipinski definition) is 2. The van der Waals surface area contributed by atoms with Crippen LogP contribution in [0.2, 0.25) is 0 Å². The first-order chi connectivity index (χ1) is 7.26. The molecule has 1 unspecified atom stereocenters. The summed E-state index contributed by atoms with van der Waals surface area (Å²) in [4.78, 5) is 5.40. The van der Waals surface area contributed by atoms with E-state index < -0.39 is 0 Å². The predicted octanol–water partition coefficient (Wildman–Crippen LogP) is 2.04. The minimum Gasteiger partial charge on any atom is -0.365 e. The second-order valence-corrected chi connectivity index (χ2v) is 3.94. The molecule has 0 aromatic carbocycles. The average molecular weight is 205 g/mol. The Morgan fingerprint density at radius 1 is 1.60 bits per heavy atom. The molecule has 1 aromatic rings. The van der Waals surface area contributed by atoms with Crippen molar-refractivity contribution in [3.8, 4) is 6.07 Å². The van der Waals surface area contributed by atoms with E-state index in [-0.39, 0.29) is 5.92 Å². The number of rotatable bonds is 6. The molecule has 3 heteroatoms. The van der Waals surface area contributed by atoms with Crippen LogP contribution in [0.1, 0.15) is 19.0 Å². The molecule has 1 heterocycles. The van der Waals surface area contributed by atoms with Gasteiger partial charge in [-0.1, -0.05) is 6.92 Å². The van der Waals surface area contributed by atoms with Gasteiger partial charge < -0.3 is 9.88 Å². The topological polar surface area (TPSA) is 42.8 Å². The number of aromatic nitrogens is 1. The van der Waals surface area contributed by atoms with Crippen LogP contribution in [0.25, 0.3) is 0 Å². The molecule has 1 atom stereocenters. The van der Waals surface area contributed by atoms with Crippen LogP contribution in [0, 0.1) is 17.2 Å². The predicted molar refractivity (Wildman–Crippen MR) is 61.4 cm³/mol. The number of aromatic amines is 1. The molecule has 0 aliphatic heterocycles. The zero-order valence-electron chi connectivity index (χ0n) is 9.53. The summed E-state index contributed by atoms with van der Waals surface area (Å²) in [5.74, 6) is 0.165. The third kappa shape index (κ3) is 4.18. The van der Waals surface area contributed by atoms with Crippen molar-refractivity contribution in [2.24, 2.45) is 5.92 Å². The van der Waals surface area contributed by atoms with Crippen LogP contribution >= 0.6 is 0 Å². The smallest absolute Gasteiger partial charge is 0.0669 e. The number of H-pyrrole nitrogens is 1. The Balaban J connectivity index is 2.24. The number of hydrogen-bond donors (Lipinski definition) is 1. The van der Waals surface area contributed by atoms with E-state index in [2.05, 4.69) is 36.0 Å². The van der Waals surface area contributed by atoms with E-state index in [0.29, 0.717) is 0 Å². The summed E-state index contributed by atoms with van der Waals surface area (Å²) in [6.07, 6.45) is 3.90. The standard InChI is InChI=1S/C12H19N3/c1-3-11(9-13)10-15(2)8-6-12-5-4-7-14-12/h4-5,7,11,14H,3,6,8,10H2,1-2H3. The summed E-state index contributed by atoms with van der Waals surface area (Å²) >= 11 is 0. The number of nitrogens with one attached hydrogen (secondary N) is 1. The largest absolute Gasteiger partial charge is 0.365 e. The Hall–Kier alpha value is -1.27. The van der Waals surface area contributed by atoms with Gasteiger partial charge in [-0.3, -0.25) is 0 Å². The highest BCUT2D eigenvalue weighted by Crippen LogP contribution is 2.04. The zero-order chi connectivity index (χ0) is 11.1. The number of nitrogens with zero attached hydrogens (tertiary/aromatic N) is 2. The molecule has 15 heavy (non-hydrogen) atoms. The van der Waals surface area contributed by atoms with Crippen molar-refractivity contribution in [3.05, 3.63) is 24.0 Å². The van der Waals surface area contributed by atoms with Crippen molar-refractivity contribution < 1.29 is 0 Å². The van der Waals surface area contributed by atoms with Crippen LogP contribution in [0.3, 0.4) is 0 Å². The fraction of sp³-hybridized carbons (Fsp3) is 0.583. The van der Waals surface area contributed by atoms with Crippen LogP contribution in [-0.4, -0.2) is 30.0 Å². The molecule has 0 spiro atoms. The molecule has 1 N–H and O–H groups in total. The Kier molecular flexibility index (Phi) is 4.92.